The number of halogens is 2. The van der Waals surface area contributed by atoms with Gasteiger partial charge in [-0.05, 0) is 72.3 Å². The summed E-state index contributed by atoms with van der Waals surface area (Å²) in [6, 6.07) is 16.9. The van der Waals surface area contributed by atoms with Crippen LogP contribution in [0.25, 0.3) is 33.7 Å². The van der Waals surface area contributed by atoms with Crippen molar-refractivity contribution >= 4 is 17.1 Å². The van der Waals surface area contributed by atoms with Crippen molar-refractivity contribution in [2.24, 2.45) is 0 Å². The third-order valence-electron chi connectivity index (χ3n) is 5.22. The third kappa shape index (κ3) is 4.47. The summed E-state index contributed by atoms with van der Waals surface area (Å²) in [7, 11) is 0. The number of nitrogens with one attached hydrogen (secondary N) is 1. The first-order chi connectivity index (χ1) is 16.6. The third-order valence-corrected chi connectivity index (χ3v) is 5.22. The van der Waals surface area contributed by atoms with E-state index in [9.17, 15) is 13.6 Å². The van der Waals surface area contributed by atoms with Gasteiger partial charge in [-0.2, -0.15) is 0 Å². The monoisotopic (exact) mass is 453 g/mol. The smallest absolute Gasteiger partial charge is 0.253 e. The number of hydrogen-bond donors (Lipinski definition) is 1. The second-order valence-corrected chi connectivity index (χ2v) is 7.54. The number of hydrogen-bond acceptors (Lipinski definition) is 5. The van der Waals surface area contributed by atoms with Crippen LogP contribution in [0.2, 0.25) is 0 Å². The molecule has 0 aliphatic rings. The van der Waals surface area contributed by atoms with Gasteiger partial charge >= 0.3 is 0 Å². The van der Waals surface area contributed by atoms with E-state index in [1.54, 1.807) is 42.7 Å². The van der Waals surface area contributed by atoms with Gasteiger partial charge in [0.2, 0.25) is 0 Å². The highest BCUT2D eigenvalue weighted by Crippen LogP contribution is 2.31. The number of carbonyl (C=O) groups is 1. The summed E-state index contributed by atoms with van der Waals surface area (Å²) in [6.07, 6.45) is 4.75. The summed E-state index contributed by atoms with van der Waals surface area (Å²) in [5, 5.41) is 2.84. The Kier molecular flexibility index (Phi) is 5.70. The van der Waals surface area contributed by atoms with E-state index in [4.69, 9.17) is 4.98 Å². The van der Waals surface area contributed by atoms with E-state index >= 15 is 0 Å². The molecule has 0 spiro atoms. The van der Waals surface area contributed by atoms with Crippen LogP contribution in [0.3, 0.4) is 0 Å². The summed E-state index contributed by atoms with van der Waals surface area (Å²) in [5.74, 6) is -1.06. The number of amides is 1. The standard InChI is InChI=1S/C26H17F2N5O/c27-20-5-1-17(2-6-20)23-24(18-3-7-21(28)8-4-18)33-25-22(32-23)13-19(15-30-25)26(34)31-14-16-9-11-29-12-10-16/h1-13,15H,14H2,(H,31,34). The molecule has 5 rings (SSSR count). The molecular weight excluding hydrogens is 436 g/mol. The Balaban J connectivity index is 1.55. The van der Waals surface area contributed by atoms with E-state index in [1.807, 2.05) is 12.1 Å². The van der Waals surface area contributed by atoms with Gasteiger partial charge in [0.1, 0.15) is 17.2 Å². The predicted molar refractivity (Wildman–Crippen MR) is 124 cm³/mol. The lowest BCUT2D eigenvalue weighted by molar-refractivity contribution is 0.0950. The molecule has 0 saturated carbocycles. The van der Waals surface area contributed by atoms with E-state index < -0.39 is 0 Å². The van der Waals surface area contributed by atoms with Crippen molar-refractivity contribution in [3.05, 3.63) is 108 Å². The SMILES string of the molecule is O=C(NCc1ccncc1)c1cnc2nc(-c3ccc(F)cc3)c(-c3ccc(F)cc3)nc2c1. The van der Waals surface area contributed by atoms with Crippen LogP contribution in [0.5, 0.6) is 0 Å². The van der Waals surface area contributed by atoms with Gasteiger partial charge < -0.3 is 5.32 Å². The van der Waals surface area contributed by atoms with Crippen LogP contribution in [0, 0.1) is 11.6 Å². The van der Waals surface area contributed by atoms with Gasteiger partial charge in [0.25, 0.3) is 5.91 Å². The van der Waals surface area contributed by atoms with E-state index in [0.29, 0.717) is 45.8 Å². The number of aromatic nitrogens is 4. The van der Waals surface area contributed by atoms with Crippen molar-refractivity contribution in [3.63, 3.8) is 0 Å². The molecule has 166 valence electrons. The molecule has 8 heteroatoms. The molecule has 1 amide bonds. The number of carbonyl (C=O) groups excluding carboxylic acids is 1. The van der Waals surface area contributed by atoms with Crippen molar-refractivity contribution in [2.75, 3.05) is 0 Å². The highest BCUT2D eigenvalue weighted by atomic mass is 19.1. The van der Waals surface area contributed by atoms with Crippen LogP contribution < -0.4 is 5.32 Å². The Bertz CT molecular complexity index is 1470. The van der Waals surface area contributed by atoms with Crippen LogP contribution in [0.4, 0.5) is 8.78 Å². The second-order valence-electron chi connectivity index (χ2n) is 7.54. The maximum Gasteiger partial charge on any atom is 0.253 e. The number of fused-ring (bicyclic) bond motifs is 1. The van der Waals surface area contributed by atoms with E-state index in [2.05, 4.69) is 20.3 Å². The first kappa shape index (κ1) is 21.3. The first-order valence-electron chi connectivity index (χ1n) is 10.4. The Morgan fingerprint density at radius 3 is 2.00 bits per heavy atom. The van der Waals surface area contributed by atoms with Crippen LogP contribution in [-0.2, 0) is 6.54 Å². The van der Waals surface area contributed by atoms with Crippen LogP contribution in [0.15, 0.2) is 85.3 Å². The topological polar surface area (TPSA) is 80.7 Å². The zero-order valence-corrected chi connectivity index (χ0v) is 17.7. The summed E-state index contributed by atoms with van der Waals surface area (Å²) in [5.41, 5.74) is 4.18. The highest BCUT2D eigenvalue weighted by molar-refractivity contribution is 5.96. The Hall–Kier alpha value is -4.59. The van der Waals surface area contributed by atoms with E-state index in [-0.39, 0.29) is 17.5 Å². The van der Waals surface area contributed by atoms with Crippen molar-refractivity contribution in [1.29, 1.82) is 0 Å². The summed E-state index contributed by atoms with van der Waals surface area (Å²) in [6.45, 7) is 0.343. The van der Waals surface area contributed by atoms with Crippen molar-refractivity contribution in [3.8, 4) is 22.5 Å². The quantitative estimate of drug-likeness (QED) is 0.407. The van der Waals surface area contributed by atoms with Gasteiger partial charge in [-0.15, -0.1) is 0 Å². The van der Waals surface area contributed by atoms with Gasteiger partial charge in [0.15, 0.2) is 5.65 Å². The largest absolute Gasteiger partial charge is 0.348 e. The van der Waals surface area contributed by atoms with Gasteiger partial charge in [0.05, 0.1) is 17.0 Å². The lowest BCUT2D eigenvalue weighted by Gasteiger charge is -2.11. The molecule has 3 heterocycles. The van der Waals surface area contributed by atoms with Crippen LogP contribution in [-0.4, -0.2) is 25.8 Å². The van der Waals surface area contributed by atoms with Gasteiger partial charge in [-0.1, -0.05) is 0 Å². The zero-order chi connectivity index (χ0) is 23.5. The molecular formula is C26H17F2N5O. The molecule has 0 fully saturated rings. The summed E-state index contributed by atoms with van der Waals surface area (Å²) < 4.78 is 27.0. The number of nitrogens with zero attached hydrogens (tertiary/aromatic N) is 4. The van der Waals surface area contributed by atoms with Crippen molar-refractivity contribution in [1.82, 2.24) is 25.3 Å². The molecule has 1 N–H and O–H groups in total. The zero-order valence-electron chi connectivity index (χ0n) is 17.7. The molecule has 3 aromatic heterocycles. The molecule has 0 aliphatic carbocycles. The molecule has 0 radical (unpaired) electrons. The van der Waals surface area contributed by atoms with Gasteiger partial charge in [0, 0.05) is 36.3 Å². The molecule has 0 bridgehead atoms. The minimum absolute atomic E-state index is 0.307. The number of pyridine rings is 2. The van der Waals surface area contributed by atoms with Crippen LogP contribution >= 0.6 is 0 Å². The second kappa shape index (κ2) is 9.11. The molecule has 0 atom stereocenters. The predicted octanol–water partition coefficient (Wildman–Crippen LogP) is 4.96. The van der Waals surface area contributed by atoms with E-state index in [1.165, 1.54) is 30.5 Å². The number of benzene rings is 2. The van der Waals surface area contributed by atoms with Crippen molar-refractivity contribution < 1.29 is 13.6 Å². The van der Waals surface area contributed by atoms with E-state index in [0.717, 1.165) is 5.56 Å². The van der Waals surface area contributed by atoms with Gasteiger partial charge in [-0.25, -0.2) is 23.7 Å². The molecule has 2 aromatic carbocycles. The average molecular weight is 453 g/mol. The normalized spacial score (nSPS) is 10.9. The fraction of sp³-hybridized carbons (Fsp3) is 0.0385. The number of rotatable bonds is 5. The molecule has 34 heavy (non-hydrogen) atoms. The van der Waals surface area contributed by atoms with Gasteiger partial charge in [-0.3, -0.25) is 9.78 Å². The van der Waals surface area contributed by atoms with Crippen LogP contribution in [0.1, 0.15) is 15.9 Å². The molecule has 6 nitrogen and oxygen atoms in total. The lowest BCUT2D eigenvalue weighted by Crippen LogP contribution is -2.23. The Morgan fingerprint density at radius 1 is 0.794 bits per heavy atom. The maximum absolute atomic E-state index is 13.5. The fourth-order valence-electron chi connectivity index (χ4n) is 3.47. The minimum atomic E-state index is -0.379. The summed E-state index contributed by atoms with van der Waals surface area (Å²) >= 11 is 0. The molecule has 5 aromatic rings. The Morgan fingerprint density at radius 2 is 1.38 bits per heavy atom. The van der Waals surface area contributed by atoms with Crippen molar-refractivity contribution in [2.45, 2.75) is 6.54 Å². The molecule has 0 unspecified atom stereocenters. The lowest BCUT2D eigenvalue weighted by atomic mass is 10.0. The fourth-order valence-corrected chi connectivity index (χ4v) is 3.47. The Labute approximate surface area is 193 Å². The molecule has 0 aliphatic heterocycles. The summed E-state index contributed by atoms with van der Waals surface area (Å²) in [4.78, 5) is 30.3. The average Bonchev–Trinajstić information content (AvgIpc) is 2.88. The highest BCUT2D eigenvalue weighted by Gasteiger charge is 2.16. The maximum atomic E-state index is 13.5. The molecule has 0 saturated heterocycles. The first-order valence-corrected chi connectivity index (χ1v) is 10.4. The minimum Gasteiger partial charge on any atom is -0.348 e.